The van der Waals surface area contributed by atoms with Gasteiger partial charge in [-0.15, -0.1) is 0 Å². The molecule has 2 aliphatic rings. The van der Waals surface area contributed by atoms with Gasteiger partial charge in [-0.05, 0) is 60.1 Å². The maximum atomic E-state index is 15.2. The average molecular weight is 822 g/mol. The molecule has 5 unspecified atom stereocenters. The van der Waals surface area contributed by atoms with Crippen LogP contribution in [0.5, 0.6) is 0 Å². The van der Waals surface area contributed by atoms with Crippen molar-refractivity contribution in [2.45, 2.75) is 63.9 Å². The number of carbonyl (C=O) groups excluding carboxylic acids is 1. The van der Waals surface area contributed by atoms with E-state index in [-0.39, 0.29) is 40.7 Å². The second-order valence-corrected chi connectivity index (χ2v) is 16.5. The van der Waals surface area contributed by atoms with Gasteiger partial charge in [0.05, 0.1) is 23.5 Å². The van der Waals surface area contributed by atoms with Crippen molar-refractivity contribution in [1.29, 1.82) is 0 Å². The largest absolute Gasteiger partial charge is 0.431 e. The van der Waals surface area contributed by atoms with Crippen LogP contribution in [0.4, 0.5) is 36.6 Å². The van der Waals surface area contributed by atoms with Crippen LogP contribution in [0, 0.1) is 41.2 Å². The molecule has 304 valence electrons. The summed E-state index contributed by atoms with van der Waals surface area (Å²) in [5.74, 6) is -4.17. The number of fused-ring (bicyclic) bond motifs is 2. The molecule has 0 bridgehead atoms. The molecule has 1 fully saturated rings. The number of alkyl halides is 5. The highest BCUT2D eigenvalue weighted by molar-refractivity contribution is 7.92. The summed E-state index contributed by atoms with van der Waals surface area (Å²) in [6.45, 7) is 3.70. The van der Waals surface area contributed by atoms with Gasteiger partial charge in [0.1, 0.15) is 41.7 Å². The highest BCUT2D eigenvalue weighted by atomic mass is 32.2. The van der Waals surface area contributed by atoms with Crippen molar-refractivity contribution >= 4 is 38.4 Å². The first-order valence-electron chi connectivity index (χ1n) is 17.7. The van der Waals surface area contributed by atoms with E-state index in [1.54, 1.807) is 45.2 Å². The number of nitrogens with one attached hydrogen (secondary N) is 2. The molecule has 1 amide bonds. The second-order valence-electron chi connectivity index (χ2n) is 14.7. The number of hydrazone groups is 1. The zero-order chi connectivity index (χ0) is 41.8. The Morgan fingerprint density at radius 3 is 2.40 bits per heavy atom. The minimum atomic E-state index is -5.04. The molecular weight excluding hydrogens is 784 g/mol. The fourth-order valence-corrected chi connectivity index (χ4v) is 7.95. The minimum absolute atomic E-state index is 0.00246. The van der Waals surface area contributed by atoms with Crippen molar-refractivity contribution < 1.29 is 49.1 Å². The van der Waals surface area contributed by atoms with Gasteiger partial charge in [-0.2, -0.15) is 23.4 Å². The molecule has 3 heterocycles. The molecule has 57 heavy (non-hydrogen) atoms. The number of aromatic nitrogens is 3. The minimum Gasteiger partial charge on any atom is -0.380 e. The number of halogens is 7. The number of nitrogens with zero attached hydrogens (tertiary/aromatic N) is 5. The Hall–Kier alpha value is -5.22. The molecule has 5 atom stereocenters. The van der Waals surface area contributed by atoms with E-state index < -0.39 is 88.4 Å². The number of aryl methyl sites for hydroxylation is 1. The molecule has 1 aliphatic heterocycles. The van der Waals surface area contributed by atoms with Crippen molar-refractivity contribution in [3.05, 3.63) is 77.1 Å². The summed E-state index contributed by atoms with van der Waals surface area (Å²) in [7, 11) is -2.23. The van der Waals surface area contributed by atoms with Crippen LogP contribution in [-0.4, -0.2) is 82.0 Å². The number of carbonyl (C=O) groups is 1. The third-order valence-electron chi connectivity index (χ3n) is 9.82. The van der Waals surface area contributed by atoms with E-state index in [4.69, 9.17) is 4.98 Å². The third-order valence-corrected chi connectivity index (χ3v) is 10.4. The number of benzene rings is 2. The molecule has 11 nitrogen and oxygen atoms in total. The number of aliphatic hydroxyl groups excluding tert-OH is 1. The lowest BCUT2D eigenvalue weighted by Gasteiger charge is -2.29. The lowest BCUT2D eigenvalue weighted by Crippen LogP contribution is -2.47. The summed E-state index contributed by atoms with van der Waals surface area (Å²) in [4.78, 5) is 18.6. The molecule has 1 saturated carbocycles. The molecule has 0 radical (unpaired) electrons. The van der Waals surface area contributed by atoms with Gasteiger partial charge in [0.2, 0.25) is 15.9 Å². The van der Waals surface area contributed by atoms with Crippen molar-refractivity contribution in [2.24, 2.45) is 29.9 Å². The normalized spacial score (nSPS) is 20.2. The Kier molecular flexibility index (Phi) is 11.1. The number of hydrogen-bond acceptors (Lipinski definition) is 8. The van der Waals surface area contributed by atoms with Gasteiger partial charge >= 0.3 is 6.18 Å². The number of sulfonamides is 1. The molecule has 19 heteroatoms. The first-order chi connectivity index (χ1) is 26.5. The summed E-state index contributed by atoms with van der Waals surface area (Å²) in [5.41, 5.74) is -0.243. The van der Waals surface area contributed by atoms with Crippen LogP contribution in [-0.2, 0) is 28.3 Å². The van der Waals surface area contributed by atoms with Gasteiger partial charge in [0.15, 0.2) is 5.82 Å². The number of para-hydroxylation sites is 1. The fourth-order valence-electron chi connectivity index (χ4n) is 7.45. The lowest BCUT2D eigenvalue weighted by atomic mass is 9.90. The Balaban J connectivity index is 1.50. The Labute approximate surface area is 323 Å². The molecule has 2 aromatic carbocycles. The van der Waals surface area contributed by atoms with Gasteiger partial charge < -0.3 is 10.4 Å². The van der Waals surface area contributed by atoms with Crippen LogP contribution in [0.2, 0.25) is 0 Å². The van der Waals surface area contributed by atoms with Crippen LogP contribution in [0.3, 0.4) is 0 Å². The first kappa shape index (κ1) is 41.4. The van der Waals surface area contributed by atoms with Crippen molar-refractivity contribution in [3.8, 4) is 23.0 Å². The van der Waals surface area contributed by atoms with Crippen molar-refractivity contribution in [1.82, 2.24) is 25.1 Å². The van der Waals surface area contributed by atoms with Crippen LogP contribution in [0.25, 0.3) is 22.0 Å². The maximum Gasteiger partial charge on any atom is 0.431 e. The van der Waals surface area contributed by atoms with Crippen molar-refractivity contribution in [2.75, 3.05) is 17.5 Å². The summed E-state index contributed by atoms with van der Waals surface area (Å²) in [6, 6.07) is 7.14. The number of rotatable bonds is 10. The Morgan fingerprint density at radius 2 is 1.77 bits per heavy atom. The Morgan fingerprint density at radius 1 is 1.09 bits per heavy atom. The molecule has 0 spiro atoms. The summed E-state index contributed by atoms with van der Waals surface area (Å²) < 4.78 is 130. The topological polar surface area (TPSA) is 142 Å². The zero-order valence-electron chi connectivity index (χ0n) is 31.2. The van der Waals surface area contributed by atoms with Crippen LogP contribution in [0.1, 0.15) is 50.2 Å². The number of aliphatic hydroxyl groups is 1. The predicted molar refractivity (Wildman–Crippen MR) is 197 cm³/mol. The highest BCUT2D eigenvalue weighted by Crippen LogP contribution is 2.51. The van der Waals surface area contributed by atoms with Crippen molar-refractivity contribution in [3.63, 3.8) is 0 Å². The molecule has 1 aliphatic carbocycles. The SMILES string of the molecule is CC(C)C(O)C#Cc1ccc(-c2cccc3c(NS(C)(=O)=O)nn(C)c23)c(C(Cc2cc(F)cc(F)c2)NC(=O)CN2N=C(C(F)(F)F)C3C(C)CC(F)(F)C32)n1. The van der Waals surface area contributed by atoms with E-state index >= 15 is 8.78 Å². The number of amides is 1. The highest BCUT2D eigenvalue weighted by Gasteiger charge is 2.65. The molecule has 6 rings (SSSR count). The third kappa shape index (κ3) is 8.86. The van der Waals surface area contributed by atoms with Crippen LogP contribution in [0.15, 0.2) is 53.6 Å². The standard InChI is InChI=1S/C38H38F7N7O4S/c1-19(2)29(53)12-10-24-9-11-25(26-7-6-8-27-33(26)51(4)49-36(27)50-57(5,55)56)32(46-24)28(15-21-13-22(39)16-23(40)14-21)47-30(54)18-52-35-31(20(3)17-37(35,41)42)34(48-52)38(43,44)45/h6-9,11,13-14,16,19-20,28-29,31,35,53H,15,17-18H2,1-5H3,(H,47,54)(H,49,50). The van der Waals surface area contributed by atoms with E-state index in [9.17, 15) is 40.3 Å². The molecule has 2 aromatic heterocycles. The van der Waals surface area contributed by atoms with Gasteiger partial charge in [0.25, 0.3) is 5.92 Å². The molecular formula is C38H38F7N7O4S. The summed E-state index contributed by atoms with van der Waals surface area (Å²) in [6.07, 6.45) is -6.38. The summed E-state index contributed by atoms with van der Waals surface area (Å²) >= 11 is 0. The predicted octanol–water partition coefficient (Wildman–Crippen LogP) is 5.95. The maximum absolute atomic E-state index is 15.2. The summed E-state index contributed by atoms with van der Waals surface area (Å²) in [5, 5.41) is 21.7. The van der Waals surface area contributed by atoms with Gasteiger partial charge in [0, 0.05) is 42.0 Å². The Bertz CT molecular complexity index is 2400. The molecule has 4 aromatic rings. The molecule has 0 saturated heterocycles. The second kappa shape index (κ2) is 15.3. The quantitative estimate of drug-likeness (QED) is 0.133. The van der Waals surface area contributed by atoms with Gasteiger partial charge in [-0.25, -0.2) is 31.0 Å². The van der Waals surface area contributed by atoms with E-state index in [0.29, 0.717) is 27.5 Å². The lowest BCUT2D eigenvalue weighted by molar-refractivity contribution is -0.126. The molecule has 3 N–H and O–H groups in total. The van der Waals surface area contributed by atoms with Crippen LogP contribution >= 0.6 is 0 Å². The van der Waals surface area contributed by atoms with Crippen LogP contribution < -0.4 is 10.0 Å². The average Bonchev–Trinajstić information content (AvgIpc) is 3.71. The van der Waals surface area contributed by atoms with E-state index in [1.807, 2.05) is 0 Å². The van der Waals surface area contributed by atoms with E-state index in [0.717, 1.165) is 18.4 Å². The zero-order valence-corrected chi connectivity index (χ0v) is 32.0. The number of anilines is 1. The number of hydrogen-bond donors (Lipinski definition) is 3. The first-order valence-corrected chi connectivity index (χ1v) is 19.6. The fraction of sp³-hybridized carbons (Fsp3) is 0.421. The van der Waals surface area contributed by atoms with E-state index in [2.05, 4.69) is 32.1 Å². The smallest absolute Gasteiger partial charge is 0.380 e. The van der Waals surface area contributed by atoms with Gasteiger partial charge in [-0.3, -0.25) is 19.2 Å². The van der Waals surface area contributed by atoms with E-state index in [1.165, 1.54) is 17.7 Å². The monoisotopic (exact) mass is 821 g/mol. The number of pyridine rings is 1. The van der Waals surface area contributed by atoms with Gasteiger partial charge in [-0.1, -0.05) is 38.8 Å².